The molecule has 0 fully saturated rings. The molecule has 0 spiro atoms. The molecule has 1 heterocycles. The Morgan fingerprint density at radius 1 is 1.12 bits per heavy atom. The highest BCUT2D eigenvalue weighted by atomic mass is 19.2. The van der Waals surface area contributed by atoms with Gasteiger partial charge in [0.2, 0.25) is 0 Å². The first-order valence-corrected chi connectivity index (χ1v) is 9.72. The molecule has 0 bridgehead atoms. The highest BCUT2D eigenvalue weighted by Crippen LogP contribution is 2.32. The normalized spacial score (nSPS) is 11.1. The van der Waals surface area contributed by atoms with Gasteiger partial charge in [0.25, 0.3) is 11.8 Å². The Kier molecular flexibility index (Phi) is 6.24. The van der Waals surface area contributed by atoms with Gasteiger partial charge in [-0.2, -0.15) is 5.10 Å². The quantitative estimate of drug-likeness (QED) is 0.539. The molecular weight excluding hydrogens is 423 g/mol. The second-order valence-corrected chi connectivity index (χ2v) is 7.55. The van der Waals surface area contributed by atoms with Gasteiger partial charge in [0.15, 0.2) is 11.6 Å². The van der Waals surface area contributed by atoms with Crippen molar-refractivity contribution in [2.45, 2.75) is 33.4 Å². The van der Waals surface area contributed by atoms with Crippen molar-refractivity contribution >= 4 is 17.6 Å². The fraction of sp³-hybridized carbons (Fsp3) is 0.227. The number of primary amides is 1. The minimum atomic E-state index is -1.27. The van der Waals surface area contributed by atoms with Crippen LogP contribution in [0.4, 0.5) is 19.0 Å². The van der Waals surface area contributed by atoms with Crippen LogP contribution in [-0.4, -0.2) is 21.6 Å². The molecule has 0 aliphatic rings. The lowest BCUT2D eigenvalue weighted by Gasteiger charge is -2.11. The first kappa shape index (κ1) is 22.9. The standard InChI is InChI=1S/C22H22F3N5O2/c1-10(2)30-20(26)16(21(27)31)19(29-30)14-7-5-12(17(24)18(14)25)9-28-22(32)15-8-13(23)6-4-11(15)3/h4-8,10H,9,26H2,1-3H3,(H2,27,31)(H,28,32). The summed E-state index contributed by atoms with van der Waals surface area (Å²) in [6.45, 7) is 4.78. The molecule has 0 radical (unpaired) electrons. The molecule has 0 atom stereocenters. The number of amides is 2. The molecule has 168 valence electrons. The van der Waals surface area contributed by atoms with Crippen molar-refractivity contribution in [2.75, 3.05) is 5.73 Å². The summed E-state index contributed by atoms with van der Waals surface area (Å²) >= 11 is 0. The number of aromatic nitrogens is 2. The predicted molar refractivity (Wildman–Crippen MR) is 113 cm³/mol. The van der Waals surface area contributed by atoms with Gasteiger partial charge in [-0.15, -0.1) is 0 Å². The number of nitrogens with two attached hydrogens (primary N) is 2. The van der Waals surface area contributed by atoms with Crippen molar-refractivity contribution in [3.63, 3.8) is 0 Å². The molecule has 0 saturated carbocycles. The molecule has 1 aromatic heterocycles. The third-order valence-electron chi connectivity index (χ3n) is 4.98. The zero-order chi connectivity index (χ0) is 23.7. The second kappa shape index (κ2) is 8.74. The van der Waals surface area contributed by atoms with Gasteiger partial charge in [0.05, 0.1) is 0 Å². The molecule has 5 N–H and O–H groups in total. The average molecular weight is 445 g/mol. The Hall–Kier alpha value is -3.82. The van der Waals surface area contributed by atoms with E-state index in [0.717, 1.165) is 6.07 Å². The number of carbonyl (C=O) groups excluding carboxylic acids is 2. The number of halogens is 3. The van der Waals surface area contributed by atoms with E-state index in [9.17, 15) is 22.8 Å². The summed E-state index contributed by atoms with van der Waals surface area (Å²) in [6, 6.07) is 5.95. The number of benzene rings is 2. The largest absolute Gasteiger partial charge is 0.383 e. The highest BCUT2D eigenvalue weighted by molar-refractivity contribution is 6.03. The number of nitrogens with zero attached hydrogens (tertiary/aromatic N) is 2. The maximum Gasteiger partial charge on any atom is 0.254 e. The fourth-order valence-corrected chi connectivity index (χ4v) is 3.29. The van der Waals surface area contributed by atoms with Crippen LogP contribution in [0.3, 0.4) is 0 Å². The minimum absolute atomic E-state index is 0.0517. The summed E-state index contributed by atoms with van der Waals surface area (Å²) in [4.78, 5) is 24.2. The maximum absolute atomic E-state index is 14.9. The van der Waals surface area contributed by atoms with Gasteiger partial charge in [0.1, 0.15) is 22.9 Å². The third kappa shape index (κ3) is 4.16. The van der Waals surface area contributed by atoms with Gasteiger partial charge >= 0.3 is 0 Å². The Bertz CT molecular complexity index is 1220. The lowest BCUT2D eigenvalue weighted by atomic mass is 10.0. The highest BCUT2D eigenvalue weighted by Gasteiger charge is 2.26. The number of aryl methyl sites for hydroxylation is 1. The van der Waals surface area contributed by atoms with Crippen LogP contribution in [-0.2, 0) is 6.54 Å². The van der Waals surface area contributed by atoms with Gasteiger partial charge in [0, 0.05) is 29.3 Å². The molecule has 3 aromatic rings. The number of anilines is 1. The molecular formula is C22H22F3N5O2. The Labute approximate surface area is 182 Å². The number of nitrogen functional groups attached to an aromatic ring is 1. The van der Waals surface area contributed by atoms with Crippen molar-refractivity contribution in [3.05, 3.63) is 70.0 Å². The third-order valence-corrected chi connectivity index (χ3v) is 4.98. The summed E-state index contributed by atoms with van der Waals surface area (Å²) in [5.41, 5.74) is 11.1. The number of hydrogen-bond donors (Lipinski definition) is 3. The minimum Gasteiger partial charge on any atom is -0.383 e. The molecule has 0 saturated heterocycles. The van der Waals surface area contributed by atoms with Crippen molar-refractivity contribution in [3.8, 4) is 11.3 Å². The van der Waals surface area contributed by atoms with E-state index < -0.39 is 29.3 Å². The molecule has 0 unspecified atom stereocenters. The molecule has 0 aliphatic heterocycles. The Morgan fingerprint density at radius 2 is 1.81 bits per heavy atom. The van der Waals surface area contributed by atoms with Crippen molar-refractivity contribution in [1.29, 1.82) is 0 Å². The zero-order valence-electron chi connectivity index (χ0n) is 17.7. The number of carbonyl (C=O) groups is 2. The maximum atomic E-state index is 14.9. The van der Waals surface area contributed by atoms with Gasteiger partial charge in [-0.25, -0.2) is 17.9 Å². The number of hydrogen-bond acceptors (Lipinski definition) is 4. The van der Waals surface area contributed by atoms with E-state index in [0.29, 0.717) is 5.56 Å². The van der Waals surface area contributed by atoms with Crippen LogP contribution in [0.2, 0.25) is 0 Å². The Balaban J connectivity index is 1.93. The van der Waals surface area contributed by atoms with Crippen LogP contribution in [0.15, 0.2) is 30.3 Å². The van der Waals surface area contributed by atoms with Crippen molar-refractivity contribution in [1.82, 2.24) is 15.1 Å². The monoisotopic (exact) mass is 445 g/mol. The molecule has 0 aliphatic carbocycles. The number of nitrogens with one attached hydrogen (secondary N) is 1. The summed E-state index contributed by atoms with van der Waals surface area (Å²) in [7, 11) is 0. The topological polar surface area (TPSA) is 116 Å². The van der Waals surface area contributed by atoms with Crippen LogP contribution in [0.25, 0.3) is 11.3 Å². The molecule has 2 aromatic carbocycles. The summed E-state index contributed by atoms with van der Waals surface area (Å²) in [5, 5.41) is 6.59. The number of rotatable bonds is 6. The summed E-state index contributed by atoms with van der Waals surface area (Å²) in [6.07, 6.45) is 0. The SMILES string of the molecule is Cc1ccc(F)cc1C(=O)NCc1ccc(-c2nn(C(C)C)c(N)c2C(N)=O)c(F)c1F. The van der Waals surface area contributed by atoms with Gasteiger partial charge in [-0.1, -0.05) is 12.1 Å². The van der Waals surface area contributed by atoms with Gasteiger partial charge in [-0.3, -0.25) is 9.59 Å². The van der Waals surface area contributed by atoms with E-state index in [1.807, 2.05) is 0 Å². The molecule has 7 nitrogen and oxygen atoms in total. The van der Waals surface area contributed by atoms with E-state index in [-0.39, 0.29) is 46.4 Å². The average Bonchev–Trinajstić information content (AvgIpc) is 3.08. The van der Waals surface area contributed by atoms with E-state index in [2.05, 4.69) is 10.4 Å². The van der Waals surface area contributed by atoms with Gasteiger partial charge < -0.3 is 16.8 Å². The lowest BCUT2D eigenvalue weighted by molar-refractivity contribution is 0.0948. The zero-order valence-corrected chi connectivity index (χ0v) is 17.7. The molecule has 32 heavy (non-hydrogen) atoms. The van der Waals surface area contributed by atoms with E-state index in [1.165, 1.54) is 28.9 Å². The molecule has 2 amide bonds. The summed E-state index contributed by atoms with van der Waals surface area (Å²) < 4.78 is 44.4. The Morgan fingerprint density at radius 3 is 2.44 bits per heavy atom. The van der Waals surface area contributed by atoms with Crippen LogP contribution in [0, 0.1) is 24.4 Å². The first-order valence-electron chi connectivity index (χ1n) is 9.72. The van der Waals surface area contributed by atoms with Gasteiger partial charge in [-0.05, 0) is 44.5 Å². The first-order chi connectivity index (χ1) is 15.0. The van der Waals surface area contributed by atoms with Crippen LogP contribution in [0.1, 0.15) is 51.7 Å². The van der Waals surface area contributed by atoms with Crippen molar-refractivity contribution in [2.24, 2.45) is 5.73 Å². The van der Waals surface area contributed by atoms with Crippen LogP contribution < -0.4 is 16.8 Å². The molecule has 10 heteroatoms. The van der Waals surface area contributed by atoms with E-state index >= 15 is 0 Å². The lowest BCUT2D eigenvalue weighted by Crippen LogP contribution is -2.24. The van der Waals surface area contributed by atoms with E-state index in [1.54, 1.807) is 20.8 Å². The fourth-order valence-electron chi connectivity index (χ4n) is 3.29. The van der Waals surface area contributed by atoms with E-state index in [4.69, 9.17) is 11.5 Å². The predicted octanol–water partition coefficient (Wildman–Crippen LogP) is 3.47. The van der Waals surface area contributed by atoms with Crippen molar-refractivity contribution < 1.29 is 22.8 Å². The summed E-state index contributed by atoms with van der Waals surface area (Å²) in [5.74, 6) is -4.70. The second-order valence-electron chi connectivity index (χ2n) is 7.55. The van der Waals surface area contributed by atoms with Crippen LogP contribution >= 0.6 is 0 Å². The molecule has 3 rings (SSSR count). The smallest absolute Gasteiger partial charge is 0.254 e. The van der Waals surface area contributed by atoms with Crippen LogP contribution in [0.5, 0.6) is 0 Å².